The van der Waals surface area contributed by atoms with Crippen molar-refractivity contribution < 1.29 is 22.4 Å². The number of amides is 1. The number of halogens is 2. The molecule has 1 aromatic heterocycles. The average molecular weight is 505 g/mol. The molecule has 0 unspecified atom stereocenters. The van der Waals surface area contributed by atoms with E-state index in [1.54, 1.807) is 0 Å². The number of sulfone groups is 1. The van der Waals surface area contributed by atoms with Crippen molar-refractivity contribution in [2.24, 2.45) is 5.10 Å². The quantitative estimate of drug-likeness (QED) is 0.471. The third-order valence-electron chi connectivity index (χ3n) is 4.97. The molecule has 1 aliphatic rings. The van der Waals surface area contributed by atoms with Gasteiger partial charge in [0, 0.05) is 6.42 Å². The number of hydrogen-bond acceptors (Lipinski definition) is 6. The molecule has 0 spiro atoms. The first kappa shape index (κ1) is 23.3. The molecule has 1 aliphatic heterocycles. The van der Waals surface area contributed by atoms with E-state index in [0.717, 1.165) is 33.5 Å². The fourth-order valence-electron chi connectivity index (χ4n) is 3.46. The molecule has 3 aromatic rings. The SMILES string of the molecule is Cc1cccc(C2=NN(c3ccc(CC(=O)CS(=O)(=O)c4ccc(Cl)s4)cc3F)C(=O)C2)c1. The Kier molecular flexibility index (Phi) is 6.47. The maximum absolute atomic E-state index is 14.8. The molecule has 0 radical (unpaired) electrons. The summed E-state index contributed by atoms with van der Waals surface area (Å²) in [7, 11) is -3.81. The second-order valence-electron chi connectivity index (χ2n) is 7.62. The Hall–Kier alpha value is -2.88. The van der Waals surface area contributed by atoms with E-state index < -0.39 is 27.2 Å². The first-order valence-corrected chi connectivity index (χ1v) is 12.7. The summed E-state index contributed by atoms with van der Waals surface area (Å²) in [6.45, 7) is 1.93. The molecule has 0 saturated carbocycles. The lowest BCUT2D eigenvalue weighted by molar-refractivity contribution is -0.117. The summed E-state index contributed by atoms with van der Waals surface area (Å²) < 4.78 is 39.8. The zero-order chi connectivity index (χ0) is 23.8. The number of carbonyl (C=O) groups excluding carboxylic acids is 2. The number of rotatable bonds is 7. The van der Waals surface area contributed by atoms with E-state index in [1.165, 1.54) is 24.3 Å². The Bertz CT molecular complexity index is 1400. The smallest absolute Gasteiger partial charge is 0.253 e. The number of nitrogens with zero attached hydrogens (tertiary/aromatic N) is 2. The molecule has 0 saturated heterocycles. The van der Waals surface area contributed by atoms with Crippen LogP contribution in [-0.2, 0) is 25.8 Å². The number of thiophene rings is 1. The van der Waals surface area contributed by atoms with Crippen LogP contribution in [0.25, 0.3) is 0 Å². The number of benzene rings is 2. The predicted molar refractivity (Wildman–Crippen MR) is 126 cm³/mol. The first-order valence-electron chi connectivity index (χ1n) is 9.88. The second kappa shape index (κ2) is 9.17. The van der Waals surface area contributed by atoms with Crippen molar-refractivity contribution >= 4 is 55.9 Å². The molecule has 10 heteroatoms. The van der Waals surface area contributed by atoms with Crippen molar-refractivity contribution in [1.29, 1.82) is 0 Å². The number of anilines is 1. The minimum atomic E-state index is -3.81. The molecule has 0 fully saturated rings. The van der Waals surface area contributed by atoms with Crippen molar-refractivity contribution in [1.82, 2.24) is 0 Å². The van der Waals surface area contributed by atoms with Crippen LogP contribution < -0.4 is 5.01 Å². The Balaban J connectivity index is 1.49. The van der Waals surface area contributed by atoms with Crippen molar-refractivity contribution in [3.05, 3.63) is 81.4 Å². The maximum atomic E-state index is 14.8. The standard InChI is InChI=1S/C23H18ClFN2O4S2/c1-14-3-2-4-16(9-14)19-12-22(29)27(26-19)20-6-5-15(11-18(20)25)10-17(28)13-33(30,31)23-8-7-21(24)32-23/h2-9,11H,10,12-13H2,1H3. The number of hydrogen-bond donors (Lipinski definition) is 0. The first-order chi connectivity index (χ1) is 15.6. The topological polar surface area (TPSA) is 83.9 Å². The highest BCUT2D eigenvalue weighted by atomic mass is 35.5. The van der Waals surface area contributed by atoms with Gasteiger partial charge in [-0.3, -0.25) is 9.59 Å². The highest BCUT2D eigenvalue weighted by Crippen LogP contribution is 2.28. The minimum Gasteiger partial charge on any atom is -0.298 e. The van der Waals surface area contributed by atoms with Crippen LogP contribution in [0.1, 0.15) is 23.1 Å². The van der Waals surface area contributed by atoms with E-state index in [2.05, 4.69) is 5.10 Å². The molecule has 33 heavy (non-hydrogen) atoms. The van der Waals surface area contributed by atoms with Crippen molar-refractivity contribution in [3.63, 3.8) is 0 Å². The van der Waals surface area contributed by atoms with Crippen LogP contribution in [0.15, 0.2) is 63.9 Å². The fraction of sp³-hybridized carbons (Fsp3) is 0.174. The van der Waals surface area contributed by atoms with E-state index in [-0.39, 0.29) is 28.6 Å². The molecule has 1 amide bonds. The fourth-order valence-corrected chi connectivity index (χ4v) is 6.27. The van der Waals surface area contributed by atoms with E-state index in [4.69, 9.17) is 11.6 Å². The Morgan fingerprint density at radius 2 is 1.97 bits per heavy atom. The third-order valence-corrected chi connectivity index (χ3v) is 8.46. The van der Waals surface area contributed by atoms with Gasteiger partial charge in [-0.1, -0.05) is 47.5 Å². The van der Waals surface area contributed by atoms with Crippen LogP contribution in [0.3, 0.4) is 0 Å². The van der Waals surface area contributed by atoms with Gasteiger partial charge in [0.15, 0.2) is 15.6 Å². The third kappa shape index (κ3) is 5.21. The van der Waals surface area contributed by atoms with Gasteiger partial charge < -0.3 is 0 Å². The zero-order valence-electron chi connectivity index (χ0n) is 17.4. The molecule has 2 heterocycles. The summed E-state index contributed by atoms with van der Waals surface area (Å²) in [6, 6.07) is 14.3. The number of carbonyl (C=O) groups is 2. The molecule has 0 atom stereocenters. The summed E-state index contributed by atoms with van der Waals surface area (Å²) in [6.07, 6.45) is -0.213. The van der Waals surface area contributed by atoms with Crippen LogP contribution in [0, 0.1) is 12.7 Å². The van der Waals surface area contributed by atoms with Gasteiger partial charge >= 0.3 is 0 Å². The molecule has 0 N–H and O–H groups in total. The van der Waals surface area contributed by atoms with E-state index >= 15 is 0 Å². The van der Waals surface area contributed by atoms with Crippen molar-refractivity contribution in [2.45, 2.75) is 24.0 Å². The van der Waals surface area contributed by atoms with Gasteiger partial charge in [0.25, 0.3) is 5.91 Å². The number of aryl methyl sites for hydroxylation is 1. The number of hydrazone groups is 1. The highest BCUT2D eigenvalue weighted by molar-refractivity contribution is 7.94. The summed E-state index contributed by atoms with van der Waals surface area (Å²) in [5, 5.41) is 5.31. The Morgan fingerprint density at radius 1 is 1.18 bits per heavy atom. The monoisotopic (exact) mass is 504 g/mol. The van der Waals surface area contributed by atoms with Crippen LogP contribution >= 0.6 is 22.9 Å². The van der Waals surface area contributed by atoms with Gasteiger partial charge in [-0.05, 0) is 42.3 Å². The number of ketones is 1. The summed E-state index contributed by atoms with van der Waals surface area (Å²) in [5.41, 5.74) is 2.63. The molecular formula is C23H18ClFN2O4S2. The predicted octanol–water partition coefficient (Wildman–Crippen LogP) is 4.58. The lowest BCUT2D eigenvalue weighted by Crippen LogP contribution is -2.21. The lowest BCUT2D eigenvalue weighted by atomic mass is 10.1. The molecular weight excluding hydrogens is 487 g/mol. The summed E-state index contributed by atoms with van der Waals surface area (Å²) in [5.74, 6) is -2.38. The Labute approximate surface area is 199 Å². The zero-order valence-corrected chi connectivity index (χ0v) is 19.8. The molecule has 4 rings (SSSR count). The van der Waals surface area contributed by atoms with Gasteiger partial charge in [0.1, 0.15) is 21.5 Å². The van der Waals surface area contributed by atoms with Gasteiger partial charge in [0.05, 0.1) is 16.5 Å². The largest absolute Gasteiger partial charge is 0.298 e. The maximum Gasteiger partial charge on any atom is 0.253 e. The molecule has 0 bridgehead atoms. The Morgan fingerprint density at radius 3 is 2.64 bits per heavy atom. The molecule has 170 valence electrons. The summed E-state index contributed by atoms with van der Waals surface area (Å²) >= 11 is 6.65. The molecule has 2 aromatic carbocycles. The number of Topliss-reactive ketones (excluding diaryl/α,β-unsaturated/α-hetero) is 1. The van der Waals surface area contributed by atoms with E-state index in [1.807, 2.05) is 31.2 Å². The van der Waals surface area contributed by atoms with E-state index in [0.29, 0.717) is 15.6 Å². The van der Waals surface area contributed by atoms with Crippen molar-refractivity contribution in [2.75, 3.05) is 10.8 Å². The van der Waals surface area contributed by atoms with Crippen LogP contribution in [0.4, 0.5) is 10.1 Å². The normalized spacial score (nSPS) is 14.0. The van der Waals surface area contributed by atoms with Gasteiger partial charge in [-0.25, -0.2) is 12.8 Å². The molecule has 6 nitrogen and oxygen atoms in total. The van der Waals surface area contributed by atoms with Gasteiger partial charge in [-0.2, -0.15) is 10.1 Å². The van der Waals surface area contributed by atoms with E-state index in [9.17, 15) is 22.4 Å². The highest BCUT2D eigenvalue weighted by Gasteiger charge is 2.28. The van der Waals surface area contributed by atoms with Crippen LogP contribution in [0.5, 0.6) is 0 Å². The lowest BCUT2D eigenvalue weighted by Gasteiger charge is -2.13. The van der Waals surface area contributed by atoms with Crippen LogP contribution in [-0.4, -0.2) is 31.6 Å². The van der Waals surface area contributed by atoms with Gasteiger partial charge in [0.2, 0.25) is 0 Å². The van der Waals surface area contributed by atoms with Crippen molar-refractivity contribution in [3.8, 4) is 0 Å². The average Bonchev–Trinajstić information content (AvgIpc) is 3.34. The summed E-state index contributed by atoms with van der Waals surface area (Å²) in [4.78, 5) is 24.8. The van der Waals surface area contributed by atoms with Crippen LogP contribution in [0.2, 0.25) is 4.34 Å². The molecule has 0 aliphatic carbocycles. The minimum absolute atomic E-state index is 0.0113. The van der Waals surface area contributed by atoms with Gasteiger partial charge in [-0.15, -0.1) is 11.3 Å². The second-order valence-corrected chi connectivity index (χ2v) is 11.5.